The summed E-state index contributed by atoms with van der Waals surface area (Å²) in [7, 11) is 0. The average Bonchev–Trinajstić information content (AvgIpc) is 1.95. The molecule has 11 heavy (non-hydrogen) atoms. The fraction of sp³-hybridized carbons (Fsp3) is 0.250. The summed E-state index contributed by atoms with van der Waals surface area (Å²) in [4.78, 5) is 0. The lowest BCUT2D eigenvalue weighted by atomic mass is 10.1. The molecule has 1 aromatic carbocycles. The minimum atomic E-state index is 0.0783. The number of phenols is 1. The van der Waals surface area contributed by atoms with Crippen molar-refractivity contribution in [2.75, 3.05) is 12.3 Å². The monoisotopic (exact) mass is 153 g/mol. The second-order valence-corrected chi connectivity index (χ2v) is 2.36. The molecule has 0 aromatic heterocycles. The van der Waals surface area contributed by atoms with Gasteiger partial charge >= 0.3 is 0 Å². The Bertz CT molecular complexity index is 248. The van der Waals surface area contributed by atoms with Gasteiger partial charge in [0, 0.05) is 18.4 Å². The molecule has 4 N–H and O–H groups in total. The van der Waals surface area contributed by atoms with Crippen molar-refractivity contribution in [1.82, 2.24) is 0 Å². The van der Waals surface area contributed by atoms with Crippen molar-refractivity contribution in [3.63, 3.8) is 0 Å². The lowest BCUT2D eigenvalue weighted by Crippen LogP contribution is -1.96. The maximum absolute atomic E-state index is 8.96. The van der Waals surface area contributed by atoms with E-state index in [0.29, 0.717) is 12.1 Å². The Kier molecular flexibility index (Phi) is 2.33. The van der Waals surface area contributed by atoms with Gasteiger partial charge in [0.1, 0.15) is 5.75 Å². The number of nitrogens with two attached hydrogens (primary N) is 1. The largest absolute Gasteiger partial charge is 0.508 e. The van der Waals surface area contributed by atoms with Crippen molar-refractivity contribution in [3.8, 4) is 5.75 Å². The van der Waals surface area contributed by atoms with Gasteiger partial charge < -0.3 is 15.9 Å². The first-order valence-corrected chi connectivity index (χ1v) is 3.42. The van der Waals surface area contributed by atoms with Crippen LogP contribution in [0.1, 0.15) is 5.56 Å². The fourth-order valence-corrected chi connectivity index (χ4v) is 0.930. The Labute approximate surface area is 65.1 Å². The maximum atomic E-state index is 8.96. The van der Waals surface area contributed by atoms with E-state index in [1.165, 1.54) is 6.07 Å². The van der Waals surface area contributed by atoms with Crippen LogP contribution in [0.5, 0.6) is 5.75 Å². The summed E-state index contributed by atoms with van der Waals surface area (Å²) in [6.07, 6.45) is 0.534. The Morgan fingerprint density at radius 2 is 2.09 bits per heavy atom. The van der Waals surface area contributed by atoms with Crippen LogP contribution in [-0.4, -0.2) is 16.8 Å². The molecule has 0 saturated carbocycles. The van der Waals surface area contributed by atoms with Gasteiger partial charge in [-0.15, -0.1) is 0 Å². The van der Waals surface area contributed by atoms with E-state index >= 15 is 0 Å². The van der Waals surface area contributed by atoms with Gasteiger partial charge in [0.25, 0.3) is 0 Å². The zero-order valence-corrected chi connectivity index (χ0v) is 6.12. The smallest absolute Gasteiger partial charge is 0.117 e. The van der Waals surface area contributed by atoms with Crippen molar-refractivity contribution in [3.05, 3.63) is 23.8 Å². The van der Waals surface area contributed by atoms with Crippen LogP contribution in [0.2, 0.25) is 0 Å². The predicted octanol–water partition coefficient (Wildman–Crippen LogP) is 0.509. The van der Waals surface area contributed by atoms with Gasteiger partial charge in [0.2, 0.25) is 0 Å². The van der Waals surface area contributed by atoms with E-state index in [9.17, 15) is 0 Å². The van der Waals surface area contributed by atoms with Crippen LogP contribution in [0.15, 0.2) is 18.2 Å². The van der Waals surface area contributed by atoms with Crippen LogP contribution in [0.25, 0.3) is 0 Å². The van der Waals surface area contributed by atoms with E-state index in [2.05, 4.69) is 0 Å². The van der Waals surface area contributed by atoms with E-state index in [1.54, 1.807) is 12.1 Å². The summed E-state index contributed by atoms with van der Waals surface area (Å²) in [6.45, 7) is 0.0783. The molecule has 0 aliphatic heterocycles. The van der Waals surface area contributed by atoms with E-state index in [0.717, 1.165) is 5.56 Å². The highest BCUT2D eigenvalue weighted by atomic mass is 16.3. The number of aliphatic hydroxyl groups is 1. The number of aromatic hydroxyl groups is 1. The Morgan fingerprint density at radius 1 is 1.36 bits per heavy atom. The highest BCUT2D eigenvalue weighted by molar-refractivity contribution is 5.50. The standard InChI is InChI=1S/C8H11NO2/c9-8-5-7(11)2-1-6(8)3-4-10/h1-2,5,10-11H,3-4,9H2. The number of phenolic OH excluding ortho intramolecular Hbond substituents is 1. The molecule has 0 aliphatic carbocycles. The quantitative estimate of drug-likeness (QED) is 0.542. The van der Waals surface area contributed by atoms with Crippen molar-refractivity contribution < 1.29 is 10.2 Å². The molecule has 0 heterocycles. The van der Waals surface area contributed by atoms with Crippen molar-refractivity contribution in [2.45, 2.75) is 6.42 Å². The van der Waals surface area contributed by atoms with E-state index < -0.39 is 0 Å². The van der Waals surface area contributed by atoms with Crippen LogP contribution in [-0.2, 0) is 6.42 Å². The second-order valence-electron chi connectivity index (χ2n) is 2.36. The highest BCUT2D eigenvalue weighted by Gasteiger charge is 1.98. The minimum absolute atomic E-state index is 0.0783. The topological polar surface area (TPSA) is 66.5 Å². The van der Waals surface area contributed by atoms with Gasteiger partial charge in [-0.3, -0.25) is 0 Å². The zero-order valence-electron chi connectivity index (χ0n) is 6.12. The highest BCUT2D eigenvalue weighted by Crippen LogP contribution is 2.18. The second kappa shape index (κ2) is 3.25. The number of aliphatic hydroxyl groups excluding tert-OH is 1. The number of rotatable bonds is 2. The minimum Gasteiger partial charge on any atom is -0.508 e. The van der Waals surface area contributed by atoms with Crippen LogP contribution < -0.4 is 5.73 Å². The molecule has 60 valence electrons. The fourth-order valence-electron chi connectivity index (χ4n) is 0.930. The van der Waals surface area contributed by atoms with Gasteiger partial charge in [0.15, 0.2) is 0 Å². The number of hydrogen-bond donors (Lipinski definition) is 3. The molecule has 1 aromatic rings. The van der Waals surface area contributed by atoms with Gasteiger partial charge in [0.05, 0.1) is 0 Å². The Balaban J connectivity index is 2.90. The molecule has 0 fully saturated rings. The van der Waals surface area contributed by atoms with Crippen LogP contribution in [0.3, 0.4) is 0 Å². The molecule has 0 bridgehead atoms. The maximum Gasteiger partial charge on any atom is 0.117 e. The first kappa shape index (κ1) is 7.88. The van der Waals surface area contributed by atoms with Crippen LogP contribution >= 0.6 is 0 Å². The van der Waals surface area contributed by atoms with Crippen LogP contribution in [0.4, 0.5) is 5.69 Å². The summed E-state index contributed by atoms with van der Waals surface area (Å²) in [5.74, 6) is 0.157. The molecular weight excluding hydrogens is 142 g/mol. The molecule has 0 amide bonds. The van der Waals surface area contributed by atoms with E-state index in [1.807, 2.05) is 0 Å². The summed E-state index contributed by atoms with van der Waals surface area (Å²) < 4.78 is 0. The molecule has 0 unspecified atom stereocenters. The first-order valence-electron chi connectivity index (χ1n) is 3.42. The predicted molar refractivity (Wildman–Crippen MR) is 43.3 cm³/mol. The average molecular weight is 153 g/mol. The number of anilines is 1. The van der Waals surface area contributed by atoms with Gasteiger partial charge in [-0.1, -0.05) is 6.07 Å². The third-order valence-electron chi connectivity index (χ3n) is 1.51. The van der Waals surface area contributed by atoms with Crippen molar-refractivity contribution in [2.24, 2.45) is 0 Å². The summed E-state index contributed by atoms with van der Waals surface area (Å²) >= 11 is 0. The summed E-state index contributed by atoms with van der Waals surface area (Å²) in [5.41, 5.74) is 6.93. The molecule has 3 heteroatoms. The number of nitrogen functional groups attached to an aromatic ring is 1. The lowest BCUT2D eigenvalue weighted by molar-refractivity contribution is 0.300. The number of benzene rings is 1. The summed E-state index contributed by atoms with van der Waals surface area (Å²) in [5, 5.41) is 17.6. The molecule has 3 nitrogen and oxygen atoms in total. The van der Waals surface area contributed by atoms with E-state index in [-0.39, 0.29) is 12.4 Å². The van der Waals surface area contributed by atoms with Crippen molar-refractivity contribution in [1.29, 1.82) is 0 Å². The zero-order chi connectivity index (χ0) is 8.27. The Morgan fingerprint density at radius 3 is 2.64 bits per heavy atom. The van der Waals surface area contributed by atoms with Gasteiger partial charge in [-0.05, 0) is 18.1 Å². The SMILES string of the molecule is Nc1cc(O)ccc1CCO. The van der Waals surface area contributed by atoms with Gasteiger partial charge in [-0.2, -0.15) is 0 Å². The molecule has 1 rings (SSSR count). The Hall–Kier alpha value is -1.22. The van der Waals surface area contributed by atoms with Crippen LogP contribution in [0, 0.1) is 0 Å². The van der Waals surface area contributed by atoms with E-state index in [4.69, 9.17) is 15.9 Å². The third kappa shape index (κ3) is 1.85. The molecular formula is C8H11NO2. The third-order valence-corrected chi connectivity index (χ3v) is 1.51. The van der Waals surface area contributed by atoms with Crippen molar-refractivity contribution >= 4 is 5.69 Å². The molecule has 0 aliphatic rings. The molecule has 0 spiro atoms. The molecule has 0 saturated heterocycles. The lowest BCUT2D eigenvalue weighted by Gasteiger charge is -2.02. The number of hydrogen-bond acceptors (Lipinski definition) is 3. The molecule has 0 atom stereocenters. The van der Waals surface area contributed by atoms with Gasteiger partial charge in [-0.25, -0.2) is 0 Å². The molecule has 0 radical (unpaired) electrons. The first-order chi connectivity index (χ1) is 5.24. The summed E-state index contributed by atoms with van der Waals surface area (Å²) in [6, 6.07) is 4.74. The normalized spacial score (nSPS) is 9.91.